The molecule has 31 heavy (non-hydrogen) atoms. The molecule has 2 aromatic rings. The Hall–Kier alpha value is -3.61. The maximum absolute atomic E-state index is 12.9. The van der Waals surface area contributed by atoms with Gasteiger partial charge in [-0.3, -0.25) is 9.69 Å². The highest BCUT2D eigenvalue weighted by atomic mass is 16.5. The first kappa shape index (κ1) is 20.7. The minimum Gasteiger partial charge on any atom is -0.456 e. The molecule has 2 aromatic carbocycles. The lowest BCUT2D eigenvalue weighted by Crippen LogP contribution is -2.50. The molecule has 0 spiro atoms. The Kier molecular flexibility index (Phi) is 5.75. The van der Waals surface area contributed by atoms with E-state index >= 15 is 0 Å². The summed E-state index contributed by atoms with van der Waals surface area (Å²) in [6, 6.07) is 14.7. The smallest absolute Gasteiger partial charge is 0.338 e. The maximum Gasteiger partial charge on any atom is 0.338 e. The molecule has 4 rings (SSSR count). The molecule has 0 bridgehead atoms. The van der Waals surface area contributed by atoms with Gasteiger partial charge in [-0.25, -0.2) is 9.59 Å². The van der Waals surface area contributed by atoms with Crippen LogP contribution in [0.25, 0.3) is 0 Å². The average molecular weight is 419 g/mol. The van der Waals surface area contributed by atoms with Crippen LogP contribution in [0.5, 0.6) is 0 Å². The topological polar surface area (TPSA) is 87.7 Å². The Morgan fingerprint density at radius 1 is 1.16 bits per heavy atom. The lowest BCUT2D eigenvalue weighted by Gasteiger charge is -2.33. The molecule has 2 heterocycles. The molecule has 160 valence electrons. The van der Waals surface area contributed by atoms with E-state index < -0.39 is 18.0 Å². The van der Waals surface area contributed by atoms with E-state index in [1.54, 1.807) is 0 Å². The molecule has 3 amide bonds. The molecule has 1 atom stereocenters. The number of esters is 1. The first-order valence-electron chi connectivity index (χ1n) is 10.3. The molecule has 2 N–H and O–H groups in total. The van der Waals surface area contributed by atoms with Gasteiger partial charge in [0, 0.05) is 6.54 Å². The molecule has 1 unspecified atom stereocenters. The molecule has 0 saturated heterocycles. The van der Waals surface area contributed by atoms with Crippen LogP contribution in [-0.2, 0) is 20.7 Å². The minimum atomic E-state index is -0.588. The van der Waals surface area contributed by atoms with Crippen LogP contribution in [0.4, 0.5) is 4.79 Å². The van der Waals surface area contributed by atoms with Gasteiger partial charge in [0.05, 0.1) is 17.3 Å². The van der Waals surface area contributed by atoms with Gasteiger partial charge in [-0.2, -0.15) is 0 Å². The summed E-state index contributed by atoms with van der Waals surface area (Å²) in [6.07, 6.45) is 0.697. The summed E-state index contributed by atoms with van der Waals surface area (Å²) in [5, 5.41) is 5.73. The Morgan fingerprint density at radius 3 is 2.71 bits per heavy atom. The number of benzene rings is 2. The predicted molar refractivity (Wildman–Crippen MR) is 115 cm³/mol. The number of carbonyl (C=O) groups excluding carboxylic acids is 3. The Balaban J connectivity index is 1.50. The van der Waals surface area contributed by atoms with Crippen LogP contribution >= 0.6 is 0 Å². The van der Waals surface area contributed by atoms with Gasteiger partial charge in [0.1, 0.15) is 13.2 Å². The second-order valence-corrected chi connectivity index (χ2v) is 7.85. The number of urea groups is 1. The van der Waals surface area contributed by atoms with Crippen LogP contribution in [0.3, 0.4) is 0 Å². The number of nitrogens with zero attached hydrogens (tertiary/aromatic N) is 1. The third-order valence-electron chi connectivity index (χ3n) is 5.62. The number of carbonyl (C=O) groups is 3. The van der Waals surface area contributed by atoms with E-state index in [0.29, 0.717) is 24.2 Å². The maximum atomic E-state index is 12.9. The van der Waals surface area contributed by atoms with Crippen molar-refractivity contribution in [3.05, 3.63) is 82.1 Å². The van der Waals surface area contributed by atoms with E-state index in [1.807, 2.05) is 62.4 Å². The number of hydrogen-bond donors (Lipinski definition) is 2. The van der Waals surface area contributed by atoms with E-state index in [1.165, 1.54) is 4.90 Å². The fraction of sp³-hybridized carbons (Fsp3) is 0.292. The number of hydrogen-bond acceptors (Lipinski definition) is 4. The molecule has 0 fully saturated rings. The van der Waals surface area contributed by atoms with E-state index in [0.717, 1.165) is 22.3 Å². The molecule has 0 aromatic heterocycles. The monoisotopic (exact) mass is 419 g/mol. The van der Waals surface area contributed by atoms with E-state index in [-0.39, 0.29) is 19.1 Å². The summed E-state index contributed by atoms with van der Waals surface area (Å²) in [5.74, 6) is -0.752. The van der Waals surface area contributed by atoms with Gasteiger partial charge in [-0.05, 0) is 37.0 Å². The Bertz CT molecular complexity index is 1060. The number of rotatable bonds is 6. The molecule has 0 radical (unpaired) electrons. The molecule has 2 aliphatic rings. The van der Waals surface area contributed by atoms with Crippen molar-refractivity contribution in [2.75, 3.05) is 19.7 Å². The third-order valence-corrected chi connectivity index (χ3v) is 5.62. The van der Waals surface area contributed by atoms with Crippen molar-refractivity contribution in [2.24, 2.45) is 0 Å². The largest absolute Gasteiger partial charge is 0.456 e. The van der Waals surface area contributed by atoms with Crippen molar-refractivity contribution >= 4 is 17.9 Å². The summed E-state index contributed by atoms with van der Waals surface area (Å²) >= 11 is 0. The number of cyclic esters (lactones) is 1. The standard InChI is InChI=1S/C24H25N3O4/c1-15-8-9-16(2)18(12-15)22-21-19(14-31-23(21)29)27(24(30)26-22)13-20(28)25-11-10-17-6-4-3-5-7-17/h3-9,12,22H,10-11,13-14H2,1-2H3,(H,25,28)(H,26,30). The van der Waals surface area contributed by atoms with Crippen molar-refractivity contribution < 1.29 is 19.1 Å². The first-order valence-corrected chi connectivity index (χ1v) is 10.3. The Labute approximate surface area is 181 Å². The fourth-order valence-corrected chi connectivity index (χ4v) is 3.97. The number of nitrogens with one attached hydrogen (secondary N) is 2. The van der Waals surface area contributed by atoms with E-state index in [4.69, 9.17) is 4.74 Å². The third kappa shape index (κ3) is 4.30. The zero-order valence-corrected chi connectivity index (χ0v) is 17.6. The second-order valence-electron chi connectivity index (χ2n) is 7.85. The minimum absolute atomic E-state index is 0.0136. The van der Waals surface area contributed by atoms with Gasteiger partial charge in [0.2, 0.25) is 5.91 Å². The highest BCUT2D eigenvalue weighted by Crippen LogP contribution is 2.36. The van der Waals surface area contributed by atoms with Gasteiger partial charge in [0.25, 0.3) is 0 Å². The van der Waals surface area contributed by atoms with Crippen molar-refractivity contribution in [3.63, 3.8) is 0 Å². The quantitative estimate of drug-likeness (QED) is 0.705. The summed E-state index contributed by atoms with van der Waals surface area (Å²) in [4.78, 5) is 39.2. The lowest BCUT2D eigenvalue weighted by atomic mass is 9.91. The van der Waals surface area contributed by atoms with E-state index in [9.17, 15) is 14.4 Å². The summed E-state index contributed by atoms with van der Waals surface area (Å²) in [5.41, 5.74) is 4.82. The average Bonchev–Trinajstić information content (AvgIpc) is 3.14. The summed E-state index contributed by atoms with van der Waals surface area (Å²) in [6.45, 7) is 4.18. The zero-order chi connectivity index (χ0) is 22.0. The molecule has 2 aliphatic heterocycles. The molecular weight excluding hydrogens is 394 g/mol. The van der Waals surface area contributed by atoms with Crippen molar-refractivity contribution in [1.82, 2.24) is 15.5 Å². The molecule has 0 saturated carbocycles. The van der Waals surface area contributed by atoms with Crippen LogP contribution in [0.2, 0.25) is 0 Å². The highest BCUT2D eigenvalue weighted by molar-refractivity contribution is 5.98. The second kappa shape index (κ2) is 8.63. The summed E-state index contributed by atoms with van der Waals surface area (Å²) < 4.78 is 5.24. The number of aryl methyl sites for hydroxylation is 2. The normalized spacial score (nSPS) is 17.9. The predicted octanol–water partition coefficient (Wildman–Crippen LogP) is 2.54. The molecule has 7 nitrogen and oxygen atoms in total. The van der Waals surface area contributed by atoms with Crippen molar-refractivity contribution in [1.29, 1.82) is 0 Å². The van der Waals surface area contributed by atoms with Crippen molar-refractivity contribution in [3.8, 4) is 0 Å². The van der Waals surface area contributed by atoms with Crippen LogP contribution in [-0.4, -0.2) is 42.5 Å². The van der Waals surface area contributed by atoms with Gasteiger partial charge in [-0.15, -0.1) is 0 Å². The fourth-order valence-electron chi connectivity index (χ4n) is 3.97. The van der Waals surface area contributed by atoms with Crippen LogP contribution < -0.4 is 10.6 Å². The zero-order valence-electron chi connectivity index (χ0n) is 17.6. The van der Waals surface area contributed by atoms with E-state index in [2.05, 4.69) is 10.6 Å². The first-order chi connectivity index (χ1) is 14.9. The van der Waals surface area contributed by atoms with Gasteiger partial charge in [0.15, 0.2) is 0 Å². The number of ether oxygens (including phenoxy) is 1. The molecular formula is C24H25N3O4. The molecule has 0 aliphatic carbocycles. The van der Waals surface area contributed by atoms with Gasteiger partial charge in [-0.1, -0.05) is 54.1 Å². The van der Waals surface area contributed by atoms with Crippen LogP contribution in [0, 0.1) is 13.8 Å². The van der Waals surface area contributed by atoms with Gasteiger partial charge < -0.3 is 15.4 Å². The SMILES string of the molecule is Cc1ccc(C)c(C2NC(=O)N(CC(=O)NCCc3ccccc3)C3=C2C(=O)OC3)c1. The number of amides is 3. The van der Waals surface area contributed by atoms with Crippen LogP contribution in [0.1, 0.15) is 28.3 Å². The summed E-state index contributed by atoms with van der Waals surface area (Å²) in [7, 11) is 0. The Morgan fingerprint density at radius 2 is 1.94 bits per heavy atom. The lowest BCUT2D eigenvalue weighted by molar-refractivity contribution is -0.136. The van der Waals surface area contributed by atoms with Crippen LogP contribution in [0.15, 0.2) is 59.8 Å². The molecule has 7 heteroatoms. The highest BCUT2D eigenvalue weighted by Gasteiger charge is 2.43. The van der Waals surface area contributed by atoms with Gasteiger partial charge >= 0.3 is 12.0 Å². The van der Waals surface area contributed by atoms with Crippen molar-refractivity contribution in [2.45, 2.75) is 26.3 Å².